The minimum Gasteiger partial charge on any atom is -0.349 e. The van der Waals surface area contributed by atoms with Gasteiger partial charge in [-0.25, -0.2) is 13.2 Å². The van der Waals surface area contributed by atoms with E-state index in [4.69, 9.17) is 0 Å². The topological polar surface area (TPSA) is 90.0 Å². The second-order valence-corrected chi connectivity index (χ2v) is 10.0. The van der Waals surface area contributed by atoms with Crippen LogP contribution >= 0.6 is 0 Å². The highest BCUT2D eigenvalue weighted by Gasteiger charge is 2.29. The van der Waals surface area contributed by atoms with E-state index in [-0.39, 0.29) is 28.8 Å². The van der Waals surface area contributed by atoms with Crippen molar-refractivity contribution < 1.29 is 18.0 Å². The van der Waals surface area contributed by atoms with Gasteiger partial charge in [0.2, 0.25) is 15.9 Å². The zero-order valence-electron chi connectivity index (χ0n) is 20.0. The molecule has 0 aliphatic carbocycles. The number of likely N-dealkylation sites (tertiary alicyclic amines) is 1. The van der Waals surface area contributed by atoms with Crippen LogP contribution in [0.25, 0.3) is 0 Å². The zero-order valence-corrected chi connectivity index (χ0v) is 20.8. The molecule has 1 aliphatic rings. The minimum absolute atomic E-state index is 0.0210. The van der Waals surface area contributed by atoms with Crippen LogP contribution in [-0.2, 0) is 14.8 Å². The Hall–Kier alpha value is -2.13. The average molecular weight is 467 g/mol. The van der Waals surface area contributed by atoms with Crippen molar-refractivity contribution >= 4 is 22.0 Å². The highest BCUT2D eigenvalue weighted by Crippen LogP contribution is 2.22. The number of piperidine rings is 1. The first-order valence-electron chi connectivity index (χ1n) is 11.6. The number of nitrogens with zero attached hydrogens (tertiary/aromatic N) is 3. The molecule has 0 bridgehead atoms. The fourth-order valence-corrected chi connectivity index (χ4v) is 5.54. The number of benzene rings is 1. The predicted octanol–water partition coefficient (Wildman–Crippen LogP) is 3.07. The summed E-state index contributed by atoms with van der Waals surface area (Å²) in [5, 5.41) is 3.05. The molecule has 0 radical (unpaired) electrons. The Morgan fingerprint density at radius 2 is 1.53 bits per heavy atom. The standard InChI is InChI=1S/C23H38N4O4S/c1-6-25(7-2)23(29)26-16-14-20(15-17-26)22(28)24-18(5)19-10-12-21(13-11-19)32(30,31)27(8-3)9-4/h10-13,18,20H,6-9,14-17H2,1-5H3,(H,24,28). The van der Waals surface area contributed by atoms with Crippen molar-refractivity contribution in [3.63, 3.8) is 0 Å². The molecule has 1 aromatic rings. The van der Waals surface area contributed by atoms with Crippen molar-refractivity contribution in [2.24, 2.45) is 5.92 Å². The monoisotopic (exact) mass is 466 g/mol. The predicted molar refractivity (Wildman–Crippen MR) is 126 cm³/mol. The van der Waals surface area contributed by atoms with Crippen molar-refractivity contribution in [1.82, 2.24) is 19.4 Å². The number of amides is 3. The van der Waals surface area contributed by atoms with E-state index in [0.29, 0.717) is 52.1 Å². The van der Waals surface area contributed by atoms with Crippen molar-refractivity contribution in [1.29, 1.82) is 0 Å². The van der Waals surface area contributed by atoms with Gasteiger partial charge in [-0.05, 0) is 51.3 Å². The van der Waals surface area contributed by atoms with E-state index >= 15 is 0 Å². The lowest BCUT2D eigenvalue weighted by molar-refractivity contribution is -0.127. The fraction of sp³-hybridized carbons (Fsp3) is 0.652. The molecule has 9 heteroatoms. The summed E-state index contributed by atoms with van der Waals surface area (Å²) in [6.45, 7) is 12.8. The van der Waals surface area contributed by atoms with Crippen molar-refractivity contribution in [2.45, 2.75) is 58.4 Å². The van der Waals surface area contributed by atoms with E-state index in [1.54, 1.807) is 29.2 Å². The molecule has 1 atom stereocenters. The maximum absolute atomic E-state index is 12.8. The van der Waals surface area contributed by atoms with Crippen molar-refractivity contribution in [2.75, 3.05) is 39.3 Å². The average Bonchev–Trinajstić information content (AvgIpc) is 2.80. The Morgan fingerprint density at radius 3 is 2.00 bits per heavy atom. The third kappa shape index (κ3) is 6.01. The second kappa shape index (κ2) is 11.7. The van der Waals surface area contributed by atoms with Crippen LogP contribution in [0.15, 0.2) is 29.2 Å². The van der Waals surface area contributed by atoms with E-state index in [9.17, 15) is 18.0 Å². The van der Waals surface area contributed by atoms with Crippen LogP contribution in [0.1, 0.15) is 59.1 Å². The summed E-state index contributed by atoms with van der Waals surface area (Å²) in [5.74, 6) is -0.146. The Balaban J connectivity index is 1.94. The number of nitrogens with one attached hydrogen (secondary N) is 1. The zero-order chi connectivity index (χ0) is 23.9. The number of carbonyl (C=O) groups excluding carboxylic acids is 2. The largest absolute Gasteiger partial charge is 0.349 e. The van der Waals surface area contributed by atoms with Gasteiger partial charge < -0.3 is 15.1 Å². The summed E-state index contributed by atoms with van der Waals surface area (Å²) < 4.78 is 26.7. The highest BCUT2D eigenvalue weighted by molar-refractivity contribution is 7.89. The minimum atomic E-state index is -3.50. The van der Waals surface area contributed by atoms with Gasteiger partial charge in [0.15, 0.2) is 0 Å². The van der Waals surface area contributed by atoms with E-state index in [2.05, 4.69) is 5.32 Å². The molecule has 1 fully saturated rings. The third-order valence-electron chi connectivity index (χ3n) is 6.25. The van der Waals surface area contributed by atoms with E-state index in [1.807, 2.05) is 39.5 Å². The number of urea groups is 1. The lowest BCUT2D eigenvalue weighted by atomic mass is 9.95. The van der Waals surface area contributed by atoms with E-state index in [1.165, 1.54) is 4.31 Å². The lowest BCUT2D eigenvalue weighted by Crippen LogP contribution is -2.48. The molecular formula is C23H38N4O4S. The summed E-state index contributed by atoms with van der Waals surface area (Å²) in [6.07, 6.45) is 1.29. The maximum Gasteiger partial charge on any atom is 0.319 e. The molecule has 32 heavy (non-hydrogen) atoms. The van der Waals surface area contributed by atoms with Gasteiger partial charge in [-0.1, -0.05) is 26.0 Å². The number of rotatable bonds is 9. The Kier molecular flexibility index (Phi) is 9.51. The maximum atomic E-state index is 12.8. The van der Waals surface area contributed by atoms with Crippen LogP contribution < -0.4 is 5.32 Å². The number of hydrogen-bond acceptors (Lipinski definition) is 4. The van der Waals surface area contributed by atoms with Gasteiger partial charge in [-0.2, -0.15) is 4.31 Å². The SMILES string of the molecule is CCN(CC)C(=O)N1CCC(C(=O)NC(C)c2ccc(S(=O)(=O)N(CC)CC)cc2)CC1. The molecule has 1 aliphatic heterocycles. The molecule has 0 aromatic heterocycles. The molecule has 180 valence electrons. The number of carbonyl (C=O) groups is 2. The molecule has 3 amide bonds. The third-order valence-corrected chi connectivity index (χ3v) is 8.32. The lowest BCUT2D eigenvalue weighted by Gasteiger charge is -2.35. The van der Waals surface area contributed by atoms with E-state index < -0.39 is 10.0 Å². The molecule has 8 nitrogen and oxygen atoms in total. The fourth-order valence-electron chi connectivity index (χ4n) is 4.08. The Labute approximate surface area is 193 Å². The Bertz CT molecular complexity index is 856. The van der Waals surface area contributed by atoms with Crippen LogP contribution in [0.4, 0.5) is 4.79 Å². The summed E-state index contributed by atoms with van der Waals surface area (Å²) in [6, 6.07) is 6.52. The summed E-state index contributed by atoms with van der Waals surface area (Å²) >= 11 is 0. The van der Waals surface area contributed by atoms with Crippen molar-refractivity contribution in [3.8, 4) is 0 Å². The van der Waals surface area contributed by atoms with Gasteiger partial charge in [0, 0.05) is 45.2 Å². The van der Waals surface area contributed by atoms with Gasteiger partial charge in [0.1, 0.15) is 0 Å². The molecule has 0 saturated carbocycles. The van der Waals surface area contributed by atoms with Crippen LogP contribution in [0.5, 0.6) is 0 Å². The molecule has 0 spiro atoms. The summed E-state index contributed by atoms with van der Waals surface area (Å²) in [5.41, 5.74) is 0.853. The molecule has 1 saturated heterocycles. The second-order valence-electron chi connectivity index (χ2n) is 8.10. The summed E-state index contributed by atoms with van der Waals surface area (Å²) in [4.78, 5) is 29.1. The van der Waals surface area contributed by atoms with Gasteiger partial charge >= 0.3 is 6.03 Å². The van der Waals surface area contributed by atoms with Crippen LogP contribution in [0.3, 0.4) is 0 Å². The number of sulfonamides is 1. The van der Waals surface area contributed by atoms with Gasteiger partial charge in [0.25, 0.3) is 0 Å². The smallest absolute Gasteiger partial charge is 0.319 e. The molecule has 2 rings (SSSR count). The Morgan fingerprint density at radius 1 is 1.00 bits per heavy atom. The first kappa shape index (κ1) is 26.1. The first-order valence-corrected chi connectivity index (χ1v) is 13.1. The van der Waals surface area contributed by atoms with Gasteiger partial charge in [0.05, 0.1) is 10.9 Å². The van der Waals surface area contributed by atoms with Crippen LogP contribution in [0.2, 0.25) is 0 Å². The van der Waals surface area contributed by atoms with Gasteiger partial charge in [-0.3, -0.25) is 4.79 Å². The normalized spacial score (nSPS) is 16.1. The van der Waals surface area contributed by atoms with E-state index in [0.717, 1.165) is 5.56 Å². The van der Waals surface area contributed by atoms with Crippen molar-refractivity contribution in [3.05, 3.63) is 29.8 Å². The summed E-state index contributed by atoms with van der Waals surface area (Å²) in [7, 11) is -3.50. The molecule has 1 heterocycles. The molecule has 1 aromatic carbocycles. The number of hydrogen-bond donors (Lipinski definition) is 1. The quantitative estimate of drug-likeness (QED) is 0.606. The van der Waals surface area contributed by atoms with Gasteiger partial charge in [-0.15, -0.1) is 0 Å². The highest BCUT2D eigenvalue weighted by atomic mass is 32.2. The molecule has 1 N–H and O–H groups in total. The molecular weight excluding hydrogens is 428 g/mol. The first-order chi connectivity index (χ1) is 15.2. The van der Waals surface area contributed by atoms with Crippen LogP contribution in [-0.4, -0.2) is 73.7 Å². The molecule has 1 unspecified atom stereocenters. The van der Waals surface area contributed by atoms with Crippen LogP contribution in [0, 0.1) is 5.92 Å².